The molecular formula is C13H13FS. The van der Waals surface area contributed by atoms with Crippen LogP contribution in [0.1, 0.15) is 0 Å². The van der Waals surface area contributed by atoms with Crippen LogP contribution in [-0.2, 0) is 10.9 Å². The van der Waals surface area contributed by atoms with Gasteiger partial charge in [0.1, 0.15) is 6.26 Å². The van der Waals surface area contributed by atoms with E-state index >= 15 is 0 Å². The Labute approximate surface area is 92.7 Å². The summed E-state index contributed by atoms with van der Waals surface area (Å²) in [5.74, 6) is 0. The van der Waals surface area contributed by atoms with Crippen LogP contribution in [0.2, 0.25) is 0 Å². The van der Waals surface area contributed by atoms with E-state index in [1.165, 1.54) is 9.79 Å². The third kappa shape index (κ3) is 2.83. The molecule has 0 amide bonds. The first-order valence-electron chi connectivity index (χ1n) is 4.64. The molecule has 0 atom stereocenters. The molecule has 0 radical (unpaired) electrons. The van der Waals surface area contributed by atoms with Crippen LogP contribution in [0.15, 0.2) is 70.5 Å². The minimum atomic E-state index is 0. The van der Waals surface area contributed by atoms with Gasteiger partial charge < -0.3 is 4.70 Å². The number of hydrogen-bond acceptors (Lipinski definition) is 0. The second-order valence-corrected chi connectivity index (χ2v) is 5.10. The molecule has 0 N–H and O–H groups in total. The van der Waals surface area contributed by atoms with Gasteiger partial charge in [-0.05, 0) is 24.3 Å². The van der Waals surface area contributed by atoms with Crippen LogP contribution in [-0.4, -0.2) is 6.26 Å². The molecule has 0 unspecified atom stereocenters. The zero-order valence-electron chi connectivity index (χ0n) is 8.56. The Hall–Kier alpha value is -1.28. The molecule has 0 saturated carbocycles. The standard InChI is InChI=1S/C13H13S.FH/c1-14(12-8-4-2-5-9-12)13-10-6-3-7-11-13;/h2-11H,1H3;1H/q+1;/p-1. The lowest BCUT2D eigenvalue weighted by Crippen LogP contribution is -3.00. The molecule has 0 aliphatic heterocycles. The zero-order chi connectivity index (χ0) is 9.80. The third-order valence-corrected chi connectivity index (χ3v) is 4.15. The Morgan fingerprint density at radius 3 is 1.33 bits per heavy atom. The van der Waals surface area contributed by atoms with Crippen LogP contribution in [0.4, 0.5) is 0 Å². The summed E-state index contributed by atoms with van der Waals surface area (Å²) in [6.07, 6.45) is 2.27. The molecule has 2 rings (SSSR count). The van der Waals surface area contributed by atoms with Crippen molar-refractivity contribution in [1.82, 2.24) is 0 Å². The van der Waals surface area contributed by atoms with Gasteiger partial charge in [0.25, 0.3) is 0 Å². The van der Waals surface area contributed by atoms with Crippen molar-refractivity contribution >= 4 is 10.9 Å². The summed E-state index contributed by atoms with van der Waals surface area (Å²) in [5.41, 5.74) is 0. The Balaban J connectivity index is 0.00000112. The molecule has 0 aliphatic carbocycles. The van der Waals surface area contributed by atoms with Gasteiger partial charge in [0.05, 0.1) is 10.9 Å². The van der Waals surface area contributed by atoms with Gasteiger partial charge in [-0.1, -0.05) is 36.4 Å². The number of rotatable bonds is 2. The van der Waals surface area contributed by atoms with E-state index in [4.69, 9.17) is 0 Å². The predicted octanol–water partition coefficient (Wildman–Crippen LogP) is 0.357. The van der Waals surface area contributed by atoms with Gasteiger partial charge >= 0.3 is 0 Å². The monoisotopic (exact) mass is 220 g/mol. The van der Waals surface area contributed by atoms with E-state index in [1.807, 2.05) is 0 Å². The zero-order valence-corrected chi connectivity index (χ0v) is 9.38. The first-order chi connectivity index (χ1) is 6.88. The van der Waals surface area contributed by atoms with Gasteiger partial charge in [0.15, 0.2) is 9.79 Å². The van der Waals surface area contributed by atoms with E-state index in [2.05, 4.69) is 66.9 Å². The fourth-order valence-electron chi connectivity index (χ4n) is 1.39. The largest absolute Gasteiger partial charge is 1.00 e. The van der Waals surface area contributed by atoms with Crippen LogP contribution in [0.25, 0.3) is 0 Å². The van der Waals surface area contributed by atoms with Crippen molar-refractivity contribution in [3.05, 3.63) is 60.7 Å². The van der Waals surface area contributed by atoms with Crippen molar-refractivity contribution in [1.29, 1.82) is 0 Å². The van der Waals surface area contributed by atoms with Crippen molar-refractivity contribution in [3.63, 3.8) is 0 Å². The number of hydrogen-bond donors (Lipinski definition) is 0. The molecule has 2 heteroatoms. The van der Waals surface area contributed by atoms with E-state index in [0.29, 0.717) is 0 Å². The molecule has 0 fully saturated rings. The maximum Gasteiger partial charge on any atom is 0.160 e. The number of benzene rings is 2. The number of halogens is 1. The van der Waals surface area contributed by atoms with E-state index in [0.717, 1.165) is 0 Å². The van der Waals surface area contributed by atoms with E-state index in [9.17, 15) is 0 Å². The van der Waals surface area contributed by atoms with Crippen LogP contribution in [0.5, 0.6) is 0 Å². The Bertz CT molecular complexity index is 346. The van der Waals surface area contributed by atoms with Gasteiger partial charge in [-0.3, -0.25) is 0 Å². The first kappa shape index (κ1) is 11.8. The summed E-state index contributed by atoms with van der Waals surface area (Å²) >= 11 is 0. The lowest BCUT2D eigenvalue weighted by atomic mass is 10.4. The minimum absolute atomic E-state index is 0. The van der Waals surface area contributed by atoms with Gasteiger partial charge in [-0.25, -0.2) is 0 Å². The summed E-state index contributed by atoms with van der Waals surface area (Å²) in [7, 11) is 0.203. The maximum atomic E-state index is 2.27. The topological polar surface area (TPSA) is 0 Å². The molecule has 0 aliphatic rings. The molecule has 2 aromatic carbocycles. The second-order valence-electron chi connectivity index (χ2n) is 3.14. The third-order valence-electron chi connectivity index (χ3n) is 2.19. The molecule has 0 aromatic heterocycles. The molecular weight excluding hydrogens is 207 g/mol. The molecule has 0 bridgehead atoms. The Morgan fingerprint density at radius 1 is 0.667 bits per heavy atom. The average molecular weight is 220 g/mol. The van der Waals surface area contributed by atoms with Crippen molar-refractivity contribution in [2.45, 2.75) is 9.79 Å². The van der Waals surface area contributed by atoms with Crippen LogP contribution >= 0.6 is 0 Å². The minimum Gasteiger partial charge on any atom is -1.00 e. The first-order valence-corrected chi connectivity index (χ1v) is 6.27. The summed E-state index contributed by atoms with van der Waals surface area (Å²) in [6, 6.07) is 21.3. The maximum absolute atomic E-state index is 2.27. The van der Waals surface area contributed by atoms with Crippen molar-refractivity contribution in [2.24, 2.45) is 0 Å². The van der Waals surface area contributed by atoms with Crippen LogP contribution in [0, 0.1) is 0 Å². The highest BCUT2D eigenvalue weighted by Crippen LogP contribution is 2.19. The highest BCUT2D eigenvalue weighted by Gasteiger charge is 2.17. The highest BCUT2D eigenvalue weighted by molar-refractivity contribution is 7.96. The van der Waals surface area contributed by atoms with E-state index in [1.54, 1.807) is 0 Å². The lowest BCUT2D eigenvalue weighted by molar-refractivity contribution is -0.00000284. The van der Waals surface area contributed by atoms with Gasteiger partial charge in [-0.2, -0.15) is 0 Å². The average Bonchev–Trinajstić information content (AvgIpc) is 2.30. The van der Waals surface area contributed by atoms with Crippen LogP contribution < -0.4 is 4.70 Å². The molecule has 0 saturated heterocycles. The van der Waals surface area contributed by atoms with E-state index < -0.39 is 0 Å². The van der Waals surface area contributed by atoms with Crippen LogP contribution in [0.3, 0.4) is 0 Å². The second kappa shape index (κ2) is 5.56. The molecule has 0 heterocycles. The summed E-state index contributed by atoms with van der Waals surface area (Å²) in [4.78, 5) is 2.80. The highest BCUT2D eigenvalue weighted by atomic mass is 32.2. The van der Waals surface area contributed by atoms with E-state index in [-0.39, 0.29) is 15.6 Å². The Kier molecular flexibility index (Phi) is 4.37. The fourth-order valence-corrected chi connectivity index (χ4v) is 2.79. The smallest absolute Gasteiger partial charge is 0.160 e. The predicted molar refractivity (Wildman–Crippen MR) is 62.7 cm³/mol. The normalized spacial score (nSPS) is 9.73. The van der Waals surface area contributed by atoms with Crippen molar-refractivity contribution < 1.29 is 4.70 Å². The molecule has 0 spiro atoms. The quantitative estimate of drug-likeness (QED) is 0.641. The summed E-state index contributed by atoms with van der Waals surface area (Å²) < 4.78 is 0. The fraction of sp³-hybridized carbons (Fsp3) is 0.0769. The van der Waals surface area contributed by atoms with Crippen molar-refractivity contribution in [2.75, 3.05) is 6.26 Å². The SMILES string of the molecule is C[S+](c1ccccc1)c1ccccc1.[F-]. The van der Waals surface area contributed by atoms with Gasteiger partial charge in [-0.15, -0.1) is 0 Å². The molecule has 2 aromatic rings. The van der Waals surface area contributed by atoms with Gasteiger partial charge in [0, 0.05) is 0 Å². The molecule has 78 valence electrons. The summed E-state index contributed by atoms with van der Waals surface area (Å²) in [6.45, 7) is 0. The Morgan fingerprint density at radius 2 is 1.00 bits per heavy atom. The molecule has 15 heavy (non-hydrogen) atoms. The van der Waals surface area contributed by atoms with Gasteiger partial charge in [0.2, 0.25) is 0 Å². The lowest BCUT2D eigenvalue weighted by Gasteiger charge is -2.00. The van der Waals surface area contributed by atoms with Crippen molar-refractivity contribution in [3.8, 4) is 0 Å². The molecule has 0 nitrogen and oxygen atoms in total. The summed E-state index contributed by atoms with van der Waals surface area (Å²) in [5, 5.41) is 0.